The van der Waals surface area contributed by atoms with Crippen molar-refractivity contribution in [1.82, 2.24) is 14.9 Å². The first-order valence-corrected chi connectivity index (χ1v) is 7.62. The summed E-state index contributed by atoms with van der Waals surface area (Å²) in [7, 11) is 0. The SMILES string of the molecule is CCNC1CCOCC1n1c(CC)nc2ccccc21. The van der Waals surface area contributed by atoms with Crippen LogP contribution in [-0.2, 0) is 11.2 Å². The number of hydrogen-bond donors (Lipinski definition) is 1. The molecule has 2 atom stereocenters. The lowest BCUT2D eigenvalue weighted by Crippen LogP contribution is -2.44. The molecule has 1 aliphatic rings. The number of imidazole rings is 1. The summed E-state index contributed by atoms with van der Waals surface area (Å²) in [5, 5.41) is 3.61. The lowest BCUT2D eigenvalue weighted by molar-refractivity contribution is 0.0380. The molecule has 1 N–H and O–H groups in total. The highest BCUT2D eigenvalue weighted by Gasteiger charge is 2.29. The molecule has 1 aromatic heterocycles. The van der Waals surface area contributed by atoms with Crippen molar-refractivity contribution in [1.29, 1.82) is 0 Å². The molecular formula is C16H23N3O. The van der Waals surface area contributed by atoms with E-state index in [2.05, 4.69) is 48.0 Å². The molecule has 0 saturated carbocycles. The molecule has 0 bridgehead atoms. The summed E-state index contributed by atoms with van der Waals surface area (Å²) in [5.41, 5.74) is 2.31. The first-order chi connectivity index (χ1) is 9.85. The van der Waals surface area contributed by atoms with Crippen LogP contribution in [0.5, 0.6) is 0 Å². The summed E-state index contributed by atoms with van der Waals surface area (Å²) in [6, 6.07) is 9.21. The van der Waals surface area contributed by atoms with Gasteiger partial charge >= 0.3 is 0 Å². The molecule has 0 amide bonds. The van der Waals surface area contributed by atoms with E-state index in [0.29, 0.717) is 12.1 Å². The quantitative estimate of drug-likeness (QED) is 0.930. The van der Waals surface area contributed by atoms with Crippen molar-refractivity contribution in [3.63, 3.8) is 0 Å². The van der Waals surface area contributed by atoms with E-state index in [1.807, 2.05) is 0 Å². The highest BCUT2D eigenvalue weighted by atomic mass is 16.5. The Bertz CT molecular complexity index is 576. The van der Waals surface area contributed by atoms with Crippen LogP contribution in [0.15, 0.2) is 24.3 Å². The number of nitrogens with zero attached hydrogens (tertiary/aromatic N) is 2. The van der Waals surface area contributed by atoms with E-state index >= 15 is 0 Å². The van der Waals surface area contributed by atoms with Gasteiger partial charge in [0.1, 0.15) is 5.82 Å². The van der Waals surface area contributed by atoms with E-state index in [0.717, 1.165) is 43.9 Å². The minimum absolute atomic E-state index is 0.339. The van der Waals surface area contributed by atoms with Crippen LogP contribution in [0.1, 0.15) is 32.1 Å². The molecule has 4 heteroatoms. The molecule has 1 aliphatic heterocycles. The average Bonchev–Trinajstić information content (AvgIpc) is 2.86. The zero-order chi connectivity index (χ0) is 13.9. The van der Waals surface area contributed by atoms with E-state index < -0.39 is 0 Å². The van der Waals surface area contributed by atoms with Crippen molar-refractivity contribution < 1.29 is 4.74 Å². The van der Waals surface area contributed by atoms with E-state index in [9.17, 15) is 0 Å². The number of nitrogens with one attached hydrogen (secondary N) is 1. The molecule has 0 radical (unpaired) electrons. The molecule has 2 aromatic rings. The number of aromatic nitrogens is 2. The Kier molecular flexibility index (Phi) is 4.03. The molecule has 4 nitrogen and oxygen atoms in total. The van der Waals surface area contributed by atoms with Crippen LogP contribution < -0.4 is 5.32 Å². The number of hydrogen-bond acceptors (Lipinski definition) is 3. The number of ether oxygens (including phenoxy) is 1. The number of aryl methyl sites for hydroxylation is 1. The Morgan fingerprint density at radius 3 is 3.00 bits per heavy atom. The lowest BCUT2D eigenvalue weighted by atomic mass is 10.0. The fourth-order valence-electron chi connectivity index (χ4n) is 3.19. The summed E-state index contributed by atoms with van der Waals surface area (Å²) >= 11 is 0. The normalized spacial score (nSPS) is 23.3. The fourth-order valence-corrected chi connectivity index (χ4v) is 3.19. The van der Waals surface area contributed by atoms with E-state index in [1.54, 1.807) is 0 Å². The number of rotatable bonds is 4. The van der Waals surface area contributed by atoms with Gasteiger partial charge in [0.25, 0.3) is 0 Å². The van der Waals surface area contributed by atoms with Gasteiger partial charge in [-0.3, -0.25) is 0 Å². The van der Waals surface area contributed by atoms with Crippen molar-refractivity contribution in [2.75, 3.05) is 19.8 Å². The third-order valence-corrected chi connectivity index (χ3v) is 4.11. The maximum absolute atomic E-state index is 5.74. The van der Waals surface area contributed by atoms with Gasteiger partial charge in [0.05, 0.1) is 23.7 Å². The number of para-hydroxylation sites is 2. The fraction of sp³-hybridized carbons (Fsp3) is 0.562. The third kappa shape index (κ3) is 2.34. The monoisotopic (exact) mass is 273 g/mol. The van der Waals surface area contributed by atoms with Gasteiger partial charge in [-0.2, -0.15) is 0 Å². The second kappa shape index (κ2) is 5.94. The second-order valence-electron chi connectivity index (χ2n) is 5.34. The molecule has 2 heterocycles. The maximum Gasteiger partial charge on any atom is 0.109 e. The molecule has 3 rings (SSSR count). The summed E-state index contributed by atoms with van der Waals surface area (Å²) in [6.07, 6.45) is 2.01. The van der Waals surface area contributed by atoms with E-state index in [-0.39, 0.29) is 0 Å². The van der Waals surface area contributed by atoms with Gasteiger partial charge in [0.2, 0.25) is 0 Å². The molecule has 0 aliphatic carbocycles. The topological polar surface area (TPSA) is 39.1 Å². The first kappa shape index (κ1) is 13.6. The largest absolute Gasteiger partial charge is 0.379 e. The maximum atomic E-state index is 5.74. The molecule has 108 valence electrons. The molecule has 20 heavy (non-hydrogen) atoms. The van der Waals surface area contributed by atoms with Crippen molar-refractivity contribution in [2.45, 2.75) is 38.8 Å². The lowest BCUT2D eigenvalue weighted by Gasteiger charge is -2.34. The number of fused-ring (bicyclic) bond motifs is 1. The van der Waals surface area contributed by atoms with E-state index in [4.69, 9.17) is 9.72 Å². The average molecular weight is 273 g/mol. The zero-order valence-electron chi connectivity index (χ0n) is 12.3. The van der Waals surface area contributed by atoms with Crippen molar-refractivity contribution >= 4 is 11.0 Å². The molecular weight excluding hydrogens is 250 g/mol. The summed E-state index contributed by atoms with van der Waals surface area (Å²) < 4.78 is 8.13. The Morgan fingerprint density at radius 2 is 2.20 bits per heavy atom. The van der Waals surface area contributed by atoms with Gasteiger partial charge in [0, 0.05) is 19.1 Å². The molecule has 1 saturated heterocycles. The Balaban J connectivity index is 2.06. The molecule has 2 unspecified atom stereocenters. The number of benzene rings is 1. The summed E-state index contributed by atoms with van der Waals surface area (Å²) in [6.45, 7) is 6.95. The summed E-state index contributed by atoms with van der Waals surface area (Å²) in [4.78, 5) is 4.78. The van der Waals surface area contributed by atoms with Crippen molar-refractivity contribution in [3.8, 4) is 0 Å². The highest BCUT2D eigenvalue weighted by Crippen LogP contribution is 2.27. The Morgan fingerprint density at radius 1 is 1.35 bits per heavy atom. The van der Waals surface area contributed by atoms with Gasteiger partial charge in [-0.05, 0) is 25.1 Å². The van der Waals surface area contributed by atoms with Gasteiger partial charge in [0.15, 0.2) is 0 Å². The van der Waals surface area contributed by atoms with Crippen molar-refractivity contribution in [3.05, 3.63) is 30.1 Å². The third-order valence-electron chi connectivity index (χ3n) is 4.11. The van der Waals surface area contributed by atoms with Crippen LogP contribution >= 0.6 is 0 Å². The minimum Gasteiger partial charge on any atom is -0.379 e. The van der Waals surface area contributed by atoms with Gasteiger partial charge in [-0.1, -0.05) is 26.0 Å². The zero-order valence-corrected chi connectivity index (χ0v) is 12.3. The van der Waals surface area contributed by atoms with Crippen LogP contribution in [0, 0.1) is 0 Å². The van der Waals surface area contributed by atoms with Crippen LogP contribution in [0.25, 0.3) is 11.0 Å². The molecule has 0 spiro atoms. The van der Waals surface area contributed by atoms with E-state index in [1.165, 1.54) is 5.52 Å². The molecule has 1 fully saturated rings. The molecule has 1 aromatic carbocycles. The Hall–Kier alpha value is -1.39. The Labute approximate surface area is 120 Å². The van der Waals surface area contributed by atoms with Gasteiger partial charge in [-0.25, -0.2) is 4.98 Å². The predicted octanol–water partition coefficient (Wildman–Crippen LogP) is 2.54. The van der Waals surface area contributed by atoms with Crippen LogP contribution in [-0.4, -0.2) is 35.4 Å². The second-order valence-corrected chi connectivity index (χ2v) is 5.34. The van der Waals surface area contributed by atoms with Crippen molar-refractivity contribution in [2.24, 2.45) is 0 Å². The smallest absolute Gasteiger partial charge is 0.109 e. The van der Waals surface area contributed by atoms with Crippen LogP contribution in [0.4, 0.5) is 0 Å². The van der Waals surface area contributed by atoms with Crippen LogP contribution in [0.2, 0.25) is 0 Å². The van der Waals surface area contributed by atoms with Crippen LogP contribution in [0.3, 0.4) is 0 Å². The first-order valence-electron chi connectivity index (χ1n) is 7.62. The minimum atomic E-state index is 0.339. The highest BCUT2D eigenvalue weighted by molar-refractivity contribution is 5.76. The number of likely N-dealkylation sites (N-methyl/N-ethyl adjacent to an activating group) is 1. The predicted molar refractivity (Wildman–Crippen MR) is 81.0 cm³/mol. The van der Waals surface area contributed by atoms with Gasteiger partial charge in [-0.15, -0.1) is 0 Å². The summed E-state index contributed by atoms with van der Waals surface area (Å²) in [5.74, 6) is 1.16. The standard InChI is InChI=1S/C16H23N3O/c1-3-16-18-13-7-5-6-8-14(13)19(16)15-11-20-10-9-12(15)17-4-2/h5-8,12,15,17H,3-4,9-11H2,1-2H3. The van der Waals surface area contributed by atoms with Gasteiger partial charge < -0.3 is 14.6 Å².